The maximum absolute atomic E-state index is 10.9. The highest BCUT2D eigenvalue weighted by atomic mass is 16.5. The van der Waals surface area contributed by atoms with Crippen LogP contribution in [0.5, 0.6) is 0 Å². The number of hydrogen-bond donors (Lipinski definition) is 2. The number of benzene rings is 2. The minimum Gasteiger partial charge on any atom is -0.385 e. The van der Waals surface area contributed by atoms with E-state index in [-0.39, 0.29) is 0 Å². The van der Waals surface area contributed by atoms with E-state index >= 15 is 0 Å². The van der Waals surface area contributed by atoms with E-state index in [2.05, 4.69) is 65.7 Å². The predicted molar refractivity (Wildman–Crippen MR) is 109 cm³/mol. The molecule has 2 saturated heterocycles. The van der Waals surface area contributed by atoms with Gasteiger partial charge in [0, 0.05) is 19.1 Å². The van der Waals surface area contributed by atoms with Crippen molar-refractivity contribution in [2.45, 2.75) is 31.4 Å². The van der Waals surface area contributed by atoms with E-state index in [1.165, 1.54) is 16.7 Å². The molecule has 0 radical (unpaired) electrons. The van der Waals surface area contributed by atoms with Gasteiger partial charge in [0.25, 0.3) is 0 Å². The molecule has 2 aromatic rings. The highest BCUT2D eigenvalue weighted by Crippen LogP contribution is 2.32. The van der Waals surface area contributed by atoms with Crippen LogP contribution in [0.2, 0.25) is 0 Å². The molecule has 2 aliphatic rings. The quantitative estimate of drug-likeness (QED) is 0.871. The number of piperidine rings is 1. The van der Waals surface area contributed by atoms with Crippen LogP contribution in [0.25, 0.3) is 11.1 Å². The fourth-order valence-electron chi connectivity index (χ4n) is 4.23. The molecule has 144 valence electrons. The number of nitrogens with zero attached hydrogens (tertiary/aromatic N) is 1. The number of rotatable bonds is 4. The van der Waals surface area contributed by atoms with Crippen molar-refractivity contribution in [1.29, 1.82) is 0 Å². The van der Waals surface area contributed by atoms with Crippen molar-refractivity contribution in [3.63, 3.8) is 0 Å². The fraction of sp³-hybridized carbons (Fsp3) is 0.478. The Labute approximate surface area is 162 Å². The zero-order valence-corrected chi connectivity index (χ0v) is 16.2. The molecule has 4 nitrogen and oxygen atoms in total. The number of morpholine rings is 1. The Morgan fingerprint density at radius 3 is 2.07 bits per heavy atom. The third-order valence-corrected chi connectivity index (χ3v) is 6.17. The van der Waals surface area contributed by atoms with Crippen LogP contribution >= 0.6 is 0 Å². The first kappa shape index (κ1) is 18.6. The van der Waals surface area contributed by atoms with Crippen molar-refractivity contribution < 1.29 is 9.84 Å². The minimum atomic E-state index is -0.679. The van der Waals surface area contributed by atoms with Crippen LogP contribution in [0.15, 0.2) is 48.5 Å². The Hall–Kier alpha value is -1.72. The van der Waals surface area contributed by atoms with Gasteiger partial charge >= 0.3 is 0 Å². The lowest BCUT2D eigenvalue weighted by Gasteiger charge is -2.33. The molecule has 2 fully saturated rings. The molecule has 0 amide bonds. The lowest BCUT2D eigenvalue weighted by atomic mass is 9.84. The van der Waals surface area contributed by atoms with Gasteiger partial charge in [-0.05, 0) is 55.1 Å². The fourth-order valence-corrected chi connectivity index (χ4v) is 4.23. The van der Waals surface area contributed by atoms with Gasteiger partial charge in [-0.15, -0.1) is 0 Å². The molecule has 0 aliphatic carbocycles. The standard InChI is InChI=1S/C23H30N2O2/c1-18(25-14-16-27-17-15-25)19-2-4-20(5-3-19)21-6-8-22(9-7-21)23(26)10-12-24-13-11-23/h2-9,18,24,26H,10-17H2,1H3. The summed E-state index contributed by atoms with van der Waals surface area (Å²) in [7, 11) is 0. The second-order valence-electron chi connectivity index (χ2n) is 7.81. The normalized spacial score (nSPS) is 21.7. The average molecular weight is 367 g/mol. The molecule has 2 aliphatic heterocycles. The van der Waals surface area contributed by atoms with Crippen molar-refractivity contribution in [2.75, 3.05) is 39.4 Å². The van der Waals surface area contributed by atoms with E-state index in [1.807, 2.05) is 0 Å². The summed E-state index contributed by atoms with van der Waals surface area (Å²) in [5.74, 6) is 0. The molecule has 1 unspecified atom stereocenters. The smallest absolute Gasteiger partial charge is 0.0920 e. The molecular weight excluding hydrogens is 336 g/mol. The molecule has 27 heavy (non-hydrogen) atoms. The number of hydrogen-bond acceptors (Lipinski definition) is 4. The van der Waals surface area contributed by atoms with Gasteiger partial charge in [0.1, 0.15) is 0 Å². The van der Waals surface area contributed by atoms with Crippen molar-refractivity contribution in [2.24, 2.45) is 0 Å². The Bertz CT molecular complexity index is 730. The molecule has 2 aromatic carbocycles. The number of aliphatic hydroxyl groups is 1. The molecule has 0 saturated carbocycles. The molecule has 0 aromatic heterocycles. The summed E-state index contributed by atoms with van der Waals surface area (Å²) in [6.45, 7) is 7.69. The maximum Gasteiger partial charge on any atom is 0.0920 e. The van der Waals surface area contributed by atoms with Gasteiger partial charge in [-0.1, -0.05) is 48.5 Å². The highest BCUT2D eigenvalue weighted by Gasteiger charge is 2.30. The molecule has 2 N–H and O–H groups in total. The van der Waals surface area contributed by atoms with Gasteiger partial charge < -0.3 is 15.2 Å². The summed E-state index contributed by atoms with van der Waals surface area (Å²) in [5, 5.41) is 14.2. The van der Waals surface area contributed by atoms with Gasteiger partial charge in [-0.2, -0.15) is 0 Å². The third kappa shape index (κ3) is 4.09. The Morgan fingerprint density at radius 1 is 0.926 bits per heavy atom. The largest absolute Gasteiger partial charge is 0.385 e. The average Bonchev–Trinajstić information content (AvgIpc) is 2.75. The van der Waals surface area contributed by atoms with Gasteiger partial charge in [0.15, 0.2) is 0 Å². The molecule has 0 bridgehead atoms. The molecule has 4 heteroatoms. The number of ether oxygens (including phenoxy) is 1. The first-order valence-corrected chi connectivity index (χ1v) is 10.1. The summed E-state index contributed by atoms with van der Waals surface area (Å²) >= 11 is 0. The molecule has 1 atom stereocenters. The predicted octanol–water partition coefficient (Wildman–Crippen LogP) is 3.32. The SMILES string of the molecule is CC(c1ccc(-c2ccc(C3(O)CCNCC3)cc2)cc1)N1CCOCC1. The van der Waals surface area contributed by atoms with Crippen molar-refractivity contribution >= 4 is 0 Å². The lowest BCUT2D eigenvalue weighted by molar-refractivity contribution is 0.00595. The number of nitrogens with one attached hydrogen (secondary N) is 1. The Balaban J connectivity index is 1.47. The van der Waals surface area contributed by atoms with Crippen LogP contribution in [-0.4, -0.2) is 49.4 Å². The Morgan fingerprint density at radius 2 is 1.48 bits per heavy atom. The van der Waals surface area contributed by atoms with E-state index in [0.29, 0.717) is 6.04 Å². The summed E-state index contributed by atoms with van der Waals surface area (Å²) in [5.41, 5.74) is 4.12. The monoisotopic (exact) mass is 366 g/mol. The first-order valence-electron chi connectivity index (χ1n) is 10.1. The van der Waals surface area contributed by atoms with Crippen LogP contribution in [-0.2, 0) is 10.3 Å². The van der Waals surface area contributed by atoms with E-state index in [1.54, 1.807) is 0 Å². The Kier molecular flexibility index (Phi) is 5.60. The van der Waals surface area contributed by atoms with E-state index in [0.717, 1.165) is 57.8 Å². The maximum atomic E-state index is 10.9. The van der Waals surface area contributed by atoms with E-state index in [9.17, 15) is 5.11 Å². The summed E-state index contributed by atoms with van der Waals surface area (Å²) in [4.78, 5) is 2.48. The zero-order chi connectivity index (χ0) is 18.7. The van der Waals surface area contributed by atoms with Crippen LogP contribution in [0.1, 0.15) is 36.9 Å². The molecule has 4 rings (SSSR count). The third-order valence-electron chi connectivity index (χ3n) is 6.17. The van der Waals surface area contributed by atoms with Gasteiger partial charge in [-0.25, -0.2) is 0 Å². The molecular formula is C23H30N2O2. The first-order chi connectivity index (χ1) is 13.2. The molecule has 0 spiro atoms. The van der Waals surface area contributed by atoms with E-state index < -0.39 is 5.60 Å². The summed E-state index contributed by atoms with van der Waals surface area (Å²) in [6.07, 6.45) is 1.56. The van der Waals surface area contributed by atoms with Crippen LogP contribution in [0.3, 0.4) is 0 Å². The van der Waals surface area contributed by atoms with Crippen molar-refractivity contribution in [1.82, 2.24) is 10.2 Å². The highest BCUT2D eigenvalue weighted by molar-refractivity contribution is 5.64. The summed E-state index contributed by atoms with van der Waals surface area (Å²) in [6, 6.07) is 17.8. The summed E-state index contributed by atoms with van der Waals surface area (Å²) < 4.78 is 5.46. The van der Waals surface area contributed by atoms with Crippen LogP contribution < -0.4 is 5.32 Å². The van der Waals surface area contributed by atoms with Gasteiger partial charge in [0.05, 0.1) is 18.8 Å². The van der Waals surface area contributed by atoms with Crippen LogP contribution in [0.4, 0.5) is 0 Å². The van der Waals surface area contributed by atoms with Crippen molar-refractivity contribution in [3.8, 4) is 11.1 Å². The molecule has 2 heterocycles. The zero-order valence-electron chi connectivity index (χ0n) is 16.2. The van der Waals surface area contributed by atoms with E-state index in [4.69, 9.17) is 4.74 Å². The van der Waals surface area contributed by atoms with Gasteiger partial charge in [0.2, 0.25) is 0 Å². The second kappa shape index (κ2) is 8.11. The van der Waals surface area contributed by atoms with Gasteiger partial charge in [-0.3, -0.25) is 4.90 Å². The minimum absolute atomic E-state index is 0.416. The second-order valence-corrected chi connectivity index (χ2v) is 7.81. The lowest BCUT2D eigenvalue weighted by Crippen LogP contribution is -2.39. The van der Waals surface area contributed by atoms with Crippen molar-refractivity contribution in [3.05, 3.63) is 59.7 Å². The topological polar surface area (TPSA) is 44.7 Å². The van der Waals surface area contributed by atoms with Crippen LogP contribution in [0, 0.1) is 0 Å².